The van der Waals surface area contributed by atoms with Crippen LogP contribution in [0.3, 0.4) is 0 Å². The Bertz CT molecular complexity index is 460. The molecule has 4 heteroatoms. The molecule has 0 saturated carbocycles. The number of nitrogens with zero attached hydrogens (tertiary/aromatic N) is 1. The highest BCUT2D eigenvalue weighted by Gasteiger charge is 2.14. The number of benzene rings is 1. The zero-order chi connectivity index (χ0) is 12.8. The molecule has 0 aliphatic heterocycles. The van der Waals surface area contributed by atoms with Crippen molar-refractivity contribution < 1.29 is 14.6 Å². The van der Waals surface area contributed by atoms with E-state index in [9.17, 15) is 9.90 Å². The van der Waals surface area contributed by atoms with Gasteiger partial charge in [-0.2, -0.15) is 5.26 Å². The summed E-state index contributed by atoms with van der Waals surface area (Å²) in [6.07, 6.45) is 0.791. The number of esters is 1. The predicted octanol–water partition coefficient (Wildman–Crippen LogP) is 1.33. The van der Waals surface area contributed by atoms with E-state index in [2.05, 4.69) is 10.8 Å². The summed E-state index contributed by atoms with van der Waals surface area (Å²) >= 11 is 0. The van der Waals surface area contributed by atoms with Crippen molar-refractivity contribution in [3.8, 4) is 6.07 Å². The Morgan fingerprint density at radius 1 is 1.53 bits per heavy atom. The number of aryl methyl sites for hydroxylation is 1. The summed E-state index contributed by atoms with van der Waals surface area (Å²) in [5.74, 6) is -0.416. The molecule has 0 amide bonds. The first-order valence-corrected chi connectivity index (χ1v) is 5.38. The van der Waals surface area contributed by atoms with E-state index in [1.54, 1.807) is 6.07 Å². The average molecular weight is 233 g/mol. The number of hydrogen-bond donors (Lipinski definition) is 1. The van der Waals surface area contributed by atoms with Crippen molar-refractivity contribution in [3.63, 3.8) is 0 Å². The maximum Gasteiger partial charge on any atom is 0.310 e. The third kappa shape index (κ3) is 3.05. The number of carbonyl (C=O) groups excluding carboxylic acids is 1. The lowest BCUT2D eigenvalue weighted by atomic mass is 9.95. The number of carbonyl (C=O) groups is 1. The van der Waals surface area contributed by atoms with Crippen LogP contribution in [0.5, 0.6) is 0 Å². The van der Waals surface area contributed by atoms with Gasteiger partial charge in [-0.05, 0) is 29.2 Å². The van der Waals surface area contributed by atoms with E-state index in [-0.39, 0.29) is 13.0 Å². The standard InChI is InChI=1S/C13H15NO3/c1-3-9-4-10(7-14)12(6-13(16)17-2)11(5-9)8-15/h4-5,15H,3,6,8H2,1-2H3. The van der Waals surface area contributed by atoms with Crippen molar-refractivity contribution in [3.05, 3.63) is 34.4 Å². The van der Waals surface area contributed by atoms with Crippen molar-refractivity contribution >= 4 is 5.97 Å². The highest BCUT2D eigenvalue weighted by atomic mass is 16.5. The van der Waals surface area contributed by atoms with E-state index < -0.39 is 5.97 Å². The number of aliphatic hydroxyl groups is 1. The van der Waals surface area contributed by atoms with E-state index in [0.29, 0.717) is 16.7 Å². The Morgan fingerprint density at radius 3 is 2.71 bits per heavy atom. The lowest BCUT2D eigenvalue weighted by Gasteiger charge is -2.10. The highest BCUT2D eigenvalue weighted by molar-refractivity contribution is 5.74. The van der Waals surface area contributed by atoms with Crippen LogP contribution < -0.4 is 0 Å². The van der Waals surface area contributed by atoms with Crippen molar-refractivity contribution in [1.82, 2.24) is 0 Å². The normalized spacial score (nSPS) is 9.76. The number of hydrogen-bond acceptors (Lipinski definition) is 4. The molecule has 17 heavy (non-hydrogen) atoms. The lowest BCUT2D eigenvalue weighted by molar-refractivity contribution is -0.139. The molecule has 1 rings (SSSR count). The van der Waals surface area contributed by atoms with Gasteiger partial charge in [-0.1, -0.05) is 13.0 Å². The molecule has 1 N–H and O–H groups in total. The van der Waals surface area contributed by atoms with Gasteiger partial charge in [0.2, 0.25) is 0 Å². The van der Waals surface area contributed by atoms with Crippen LogP contribution in [0.1, 0.15) is 29.2 Å². The van der Waals surface area contributed by atoms with Crippen LogP contribution in [0, 0.1) is 11.3 Å². The minimum Gasteiger partial charge on any atom is -0.469 e. The van der Waals surface area contributed by atoms with Crippen LogP contribution in [0.4, 0.5) is 0 Å². The quantitative estimate of drug-likeness (QED) is 0.796. The molecule has 4 nitrogen and oxygen atoms in total. The van der Waals surface area contributed by atoms with Gasteiger partial charge in [-0.15, -0.1) is 0 Å². The average Bonchev–Trinajstić information content (AvgIpc) is 2.38. The molecule has 0 aliphatic carbocycles. The molecule has 0 unspecified atom stereocenters. The largest absolute Gasteiger partial charge is 0.469 e. The Labute approximate surface area is 100 Å². The number of methoxy groups -OCH3 is 1. The van der Waals surface area contributed by atoms with Gasteiger partial charge in [0.05, 0.1) is 31.8 Å². The molecule has 1 aromatic carbocycles. The van der Waals surface area contributed by atoms with Crippen LogP contribution in [0.25, 0.3) is 0 Å². The van der Waals surface area contributed by atoms with Gasteiger partial charge >= 0.3 is 5.97 Å². The van der Waals surface area contributed by atoms with Crippen LogP contribution >= 0.6 is 0 Å². The number of ether oxygens (including phenoxy) is 1. The molecule has 0 aromatic heterocycles. The van der Waals surface area contributed by atoms with E-state index in [1.807, 2.05) is 13.0 Å². The van der Waals surface area contributed by atoms with Crippen LogP contribution in [0.2, 0.25) is 0 Å². The zero-order valence-electron chi connectivity index (χ0n) is 9.99. The van der Waals surface area contributed by atoms with Gasteiger partial charge in [0, 0.05) is 0 Å². The molecule has 0 aliphatic rings. The second-order valence-corrected chi connectivity index (χ2v) is 3.66. The molecule has 0 heterocycles. The number of rotatable bonds is 4. The summed E-state index contributed by atoms with van der Waals surface area (Å²) in [6.45, 7) is 1.78. The summed E-state index contributed by atoms with van der Waals surface area (Å²) in [5, 5.41) is 18.3. The molecule has 1 aromatic rings. The summed E-state index contributed by atoms with van der Waals surface area (Å²) in [6, 6.07) is 5.62. The fourth-order valence-corrected chi connectivity index (χ4v) is 1.67. The van der Waals surface area contributed by atoms with Gasteiger partial charge in [-0.3, -0.25) is 4.79 Å². The van der Waals surface area contributed by atoms with E-state index in [4.69, 9.17) is 5.26 Å². The fourth-order valence-electron chi connectivity index (χ4n) is 1.67. The van der Waals surface area contributed by atoms with Crippen LogP contribution in [-0.2, 0) is 29.0 Å². The van der Waals surface area contributed by atoms with Gasteiger partial charge in [-0.25, -0.2) is 0 Å². The maximum absolute atomic E-state index is 11.3. The summed E-state index contributed by atoms with van der Waals surface area (Å²) < 4.78 is 4.58. The summed E-state index contributed by atoms with van der Waals surface area (Å²) in [5.41, 5.74) is 2.57. The van der Waals surface area contributed by atoms with Crippen molar-refractivity contribution in [2.75, 3.05) is 7.11 Å². The molecule has 0 fully saturated rings. The summed E-state index contributed by atoms with van der Waals surface area (Å²) in [4.78, 5) is 11.3. The zero-order valence-corrected chi connectivity index (χ0v) is 9.99. The van der Waals surface area contributed by atoms with Gasteiger partial charge in [0.1, 0.15) is 0 Å². The molecule has 0 radical (unpaired) electrons. The molecular formula is C13H15NO3. The summed E-state index contributed by atoms with van der Waals surface area (Å²) in [7, 11) is 1.30. The third-order valence-electron chi connectivity index (χ3n) is 2.65. The van der Waals surface area contributed by atoms with Crippen molar-refractivity contribution in [2.24, 2.45) is 0 Å². The Morgan fingerprint density at radius 2 is 2.24 bits per heavy atom. The van der Waals surface area contributed by atoms with Crippen molar-refractivity contribution in [2.45, 2.75) is 26.4 Å². The molecule has 0 spiro atoms. The Hall–Kier alpha value is -1.86. The SMILES string of the molecule is CCc1cc(C#N)c(CC(=O)OC)c(CO)c1. The topological polar surface area (TPSA) is 70.3 Å². The van der Waals surface area contributed by atoms with Crippen LogP contribution in [-0.4, -0.2) is 18.2 Å². The highest BCUT2D eigenvalue weighted by Crippen LogP contribution is 2.19. The predicted molar refractivity (Wildman–Crippen MR) is 62.2 cm³/mol. The molecule has 0 bridgehead atoms. The van der Waals surface area contributed by atoms with Gasteiger partial charge < -0.3 is 9.84 Å². The minimum absolute atomic E-state index is 0.0132. The second kappa shape index (κ2) is 6.02. The molecule has 0 saturated heterocycles. The van der Waals surface area contributed by atoms with E-state index in [1.165, 1.54) is 7.11 Å². The van der Waals surface area contributed by atoms with Crippen LogP contribution in [0.15, 0.2) is 12.1 Å². The van der Waals surface area contributed by atoms with E-state index >= 15 is 0 Å². The van der Waals surface area contributed by atoms with Gasteiger partial charge in [0.15, 0.2) is 0 Å². The second-order valence-electron chi connectivity index (χ2n) is 3.66. The van der Waals surface area contributed by atoms with E-state index in [0.717, 1.165) is 12.0 Å². The first-order chi connectivity index (χ1) is 8.15. The lowest BCUT2D eigenvalue weighted by Crippen LogP contribution is -2.09. The first kappa shape index (κ1) is 13.2. The minimum atomic E-state index is -0.416. The Kier molecular flexibility index (Phi) is 4.68. The smallest absolute Gasteiger partial charge is 0.310 e. The fraction of sp³-hybridized carbons (Fsp3) is 0.385. The molecular weight excluding hydrogens is 218 g/mol. The third-order valence-corrected chi connectivity index (χ3v) is 2.65. The molecule has 0 atom stereocenters. The number of nitriles is 1. The maximum atomic E-state index is 11.3. The Balaban J connectivity index is 3.25. The monoisotopic (exact) mass is 233 g/mol. The molecule has 90 valence electrons. The van der Waals surface area contributed by atoms with Crippen molar-refractivity contribution in [1.29, 1.82) is 5.26 Å². The first-order valence-electron chi connectivity index (χ1n) is 5.38. The van der Waals surface area contributed by atoms with Gasteiger partial charge in [0.25, 0.3) is 0 Å². The number of aliphatic hydroxyl groups excluding tert-OH is 1.